The number of nitrogens with two attached hydrogens (primary N) is 1. The van der Waals surface area contributed by atoms with E-state index in [2.05, 4.69) is 12.1 Å². The summed E-state index contributed by atoms with van der Waals surface area (Å²) >= 11 is 0. The van der Waals surface area contributed by atoms with Crippen LogP contribution in [-0.2, 0) is 6.54 Å². The van der Waals surface area contributed by atoms with Crippen molar-refractivity contribution in [2.45, 2.75) is 58.3 Å². The van der Waals surface area contributed by atoms with Crippen molar-refractivity contribution in [2.24, 2.45) is 5.73 Å². The van der Waals surface area contributed by atoms with Crippen LogP contribution in [0, 0.1) is 13.8 Å². The molecule has 3 heteroatoms. The Kier molecular flexibility index (Phi) is 4.25. The van der Waals surface area contributed by atoms with Crippen molar-refractivity contribution in [3.05, 3.63) is 28.8 Å². The smallest absolute Gasteiger partial charge is 0.125 e. The molecule has 1 aliphatic carbocycles. The van der Waals surface area contributed by atoms with Crippen LogP contribution in [-0.4, -0.2) is 17.3 Å². The van der Waals surface area contributed by atoms with Gasteiger partial charge in [0.25, 0.3) is 0 Å². The minimum atomic E-state index is -0.327. The number of aryl methyl sites for hydroxylation is 2. The molecule has 1 aliphatic rings. The second-order valence-corrected chi connectivity index (χ2v) is 5.27. The molecule has 2 atom stereocenters. The van der Waals surface area contributed by atoms with Crippen LogP contribution in [0.5, 0.6) is 5.75 Å². The van der Waals surface area contributed by atoms with E-state index in [0.717, 1.165) is 48.1 Å². The van der Waals surface area contributed by atoms with Crippen molar-refractivity contribution in [2.75, 3.05) is 0 Å². The van der Waals surface area contributed by atoms with E-state index in [1.165, 1.54) is 0 Å². The third-order valence-electron chi connectivity index (χ3n) is 3.69. The summed E-state index contributed by atoms with van der Waals surface area (Å²) in [5.41, 5.74) is 9.00. The normalized spacial score (nSPS) is 24.0. The van der Waals surface area contributed by atoms with Gasteiger partial charge in [0.1, 0.15) is 11.9 Å². The SMILES string of the molecule is Cc1cc(CN)cc(C)c1OC1CCCCC1O. The number of aliphatic hydroxyl groups excluding tert-OH is 1. The number of ether oxygens (including phenoxy) is 1. The fraction of sp³-hybridized carbons (Fsp3) is 0.600. The Labute approximate surface area is 109 Å². The van der Waals surface area contributed by atoms with E-state index < -0.39 is 0 Å². The Bertz CT molecular complexity index is 394. The van der Waals surface area contributed by atoms with E-state index in [0.29, 0.717) is 6.54 Å². The van der Waals surface area contributed by atoms with Crippen molar-refractivity contribution in [3.8, 4) is 5.75 Å². The zero-order chi connectivity index (χ0) is 13.1. The maximum absolute atomic E-state index is 9.97. The fourth-order valence-electron chi connectivity index (χ4n) is 2.71. The summed E-state index contributed by atoms with van der Waals surface area (Å²) in [6, 6.07) is 4.13. The molecule has 0 amide bonds. The number of aliphatic hydroxyl groups is 1. The lowest BCUT2D eigenvalue weighted by atomic mass is 9.94. The molecule has 0 bridgehead atoms. The van der Waals surface area contributed by atoms with Crippen LogP contribution in [0.4, 0.5) is 0 Å². The van der Waals surface area contributed by atoms with Gasteiger partial charge in [0, 0.05) is 6.54 Å². The van der Waals surface area contributed by atoms with Gasteiger partial charge in [-0.3, -0.25) is 0 Å². The molecule has 1 saturated carbocycles. The minimum Gasteiger partial charge on any atom is -0.487 e. The van der Waals surface area contributed by atoms with Gasteiger partial charge in [-0.25, -0.2) is 0 Å². The molecule has 1 fully saturated rings. The van der Waals surface area contributed by atoms with Crippen molar-refractivity contribution >= 4 is 0 Å². The summed E-state index contributed by atoms with van der Waals surface area (Å²) in [7, 11) is 0. The highest BCUT2D eigenvalue weighted by molar-refractivity contribution is 5.43. The monoisotopic (exact) mass is 249 g/mol. The number of hydrogen-bond donors (Lipinski definition) is 2. The molecular formula is C15H23NO2. The number of hydrogen-bond acceptors (Lipinski definition) is 3. The van der Waals surface area contributed by atoms with Gasteiger partial charge in [-0.05, 0) is 49.8 Å². The highest BCUT2D eigenvalue weighted by atomic mass is 16.5. The quantitative estimate of drug-likeness (QED) is 0.865. The molecule has 1 aromatic rings. The number of rotatable bonds is 3. The first kappa shape index (κ1) is 13.4. The van der Waals surface area contributed by atoms with Gasteiger partial charge in [-0.15, -0.1) is 0 Å². The summed E-state index contributed by atoms with van der Waals surface area (Å²) in [5, 5.41) is 9.97. The van der Waals surface area contributed by atoms with Gasteiger partial charge in [-0.1, -0.05) is 18.6 Å². The third kappa shape index (κ3) is 2.85. The molecule has 0 saturated heterocycles. The second kappa shape index (κ2) is 5.72. The lowest BCUT2D eigenvalue weighted by Gasteiger charge is -2.29. The highest BCUT2D eigenvalue weighted by Gasteiger charge is 2.25. The molecule has 0 radical (unpaired) electrons. The molecular weight excluding hydrogens is 226 g/mol. The Morgan fingerprint density at radius 1 is 1.22 bits per heavy atom. The van der Waals surface area contributed by atoms with Gasteiger partial charge in [-0.2, -0.15) is 0 Å². The first-order valence-corrected chi connectivity index (χ1v) is 6.76. The summed E-state index contributed by atoms with van der Waals surface area (Å²) in [6.45, 7) is 4.63. The number of benzene rings is 1. The zero-order valence-corrected chi connectivity index (χ0v) is 11.3. The Morgan fingerprint density at radius 2 is 1.83 bits per heavy atom. The van der Waals surface area contributed by atoms with Crippen LogP contribution in [0.3, 0.4) is 0 Å². The largest absolute Gasteiger partial charge is 0.487 e. The molecule has 1 aromatic carbocycles. The zero-order valence-electron chi connectivity index (χ0n) is 11.3. The van der Waals surface area contributed by atoms with E-state index in [1.54, 1.807) is 0 Å². The van der Waals surface area contributed by atoms with Crippen LogP contribution < -0.4 is 10.5 Å². The third-order valence-corrected chi connectivity index (χ3v) is 3.69. The molecule has 3 N–H and O–H groups in total. The molecule has 0 aromatic heterocycles. The maximum Gasteiger partial charge on any atom is 0.125 e. The average Bonchev–Trinajstić information content (AvgIpc) is 2.35. The Morgan fingerprint density at radius 3 is 2.39 bits per heavy atom. The van der Waals surface area contributed by atoms with Gasteiger partial charge in [0.05, 0.1) is 6.10 Å². The average molecular weight is 249 g/mol. The molecule has 0 spiro atoms. The van der Waals surface area contributed by atoms with Crippen LogP contribution >= 0.6 is 0 Å². The second-order valence-electron chi connectivity index (χ2n) is 5.27. The summed E-state index contributed by atoms with van der Waals surface area (Å²) in [6.07, 6.45) is 3.65. The van der Waals surface area contributed by atoms with Crippen molar-refractivity contribution in [1.29, 1.82) is 0 Å². The van der Waals surface area contributed by atoms with Gasteiger partial charge < -0.3 is 15.6 Å². The van der Waals surface area contributed by atoms with E-state index in [-0.39, 0.29) is 12.2 Å². The van der Waals surface area contributed by atoms with Crippen LogP contribution in [0.15, 0.2) is 12.1 Å². The molecule has 0 aliphatic heterocycles. The lowest BCUT2D eigenvalue weighted by molar-refractivity contribution is 0.00620. The lowest BCUT2D eigenvalue weighted by Crippen LogP contribution is -2.35. The van der Waals surface area contributed by atoms with E-state index in [4.69, 9.17) is 10.5 Å². The van der Waals surface area contributed by atoms with E-state index in [9.17, 15) is 5.11 Å². The molecule has 2 unspecified atom stereocenters. The van der Waals surface area contributed by atoms with Crippen LogP contribution in [0.2, 0.25) is 0 Å². The minimum absolute atomic E-state index is 0.0557. The van der Waals surface area contributed by atoms with Gasteiger partial charge >= 0.3 is 0 Å². The predicted octanol–water partition coefficient (Wildman–Crippen LogP) is 2.44. The standard InChI is InChI=1S/C15H23NO2/c1-10-7-12(9-16)8-11(2)15(10)18-14-6-4-3-5-13(14)17/h7-8,13-14,17H,3-6,9,16H2,1-2H3. The molecule has 3 nitrogen and oxygen atoms in total. The first-order chi connectivity index (χ1) is 8.61. The molecule has 0 heterocycles. The van der Waals surface area contributed by atoms with Crippen molar-refractivity contribution < 1.29 is 9.84 Å². The van der Waals surface area contributed by atoms with Crippen molar-refractivity contribution in [1.82, 2.24) is 0 Å². The topological polar surface area (TPSA) is 55.5 Å². The summed E-state index contributed by atoms with van der Waals surface area (Å²) in [5.74, 6) is 0.915. The molecule has 2 rings (SSSR count). The molecule has 100 valence electrons. The van der Waals surface area contributed by atoms with E-state index >= 15 is 0 Å². The summed E-state index contributed by atoms with van der Waals surface area (Å²) in [4.78, 5) is 0. The van der Waals surface area contributed by atoms with Gasteiger partial charge in [0.15, 0.2) is 0 Å². The fourth-order valence-corrected chi connectivity index (χ4v) is 2.71. The Hall–Kier alpha value is -1.06. The maximum atomic E-state index is 9.97. The highest BCUT2D eigenvalue weighted by Crippen LogP contribution is 2.29. The van der Waals surface area contributed by atoms with Gasteiger partial charge in [0.2, 0.25) is 0 Å². The Balaban J connectivity index is 2.18. The van der Waals surface area contributed by atoms with Crippen LogP contribution in [0.1, 0.15) is 42.4 Å². The first-order valence-electron chi connectivity index (χ1n) is 6.76. The predicted molar refractivity (Wildman–Crippen MR) is 72.7 cm³/mol. The van der Waals surface area contributed by atoms with Crippen molar-refractivity contribution in [3.63, 3.8) is 0 Å². The summed E-state index contributed by atoms with van der Waals surface area (Å²) < 4.78 is 6.04. The van der Waals surface area contributed by atoms with E-state index in [1.807, 2.05) is 13.8 Å². The van der Waals surface area contributed by atoms with Crippen LogP contribution in [0.25, 0.3) is 0 Å². The molecule has 18 heavy (non-hydrogen) atoms.